The van der Waals surface area contributed by atoms with Gasteiger partial charge < -0.3 is 5.32 Å². The first-order chi connectivity index (χ1) is 6.43. The second-order valence-electron chi connectivity index (χ2n) is 4.97. The van der Waals surface area contributed by atoms with Gasteiger partial charge in [0.05, 0.1) is 11.0 Å². The molecule has 0 bridgehead atoms. The molecule has 0 spiro atoms. The Morgan fingerprint density at radius 2 is 2.14 bits per heavy atom. The zero-order valence-electron chi connectivity index (χ0n) is 9.59. The smallest absolute Gasteiger partial charge is 0.0944 e. The Balaban J connectivity index is 2.54. The van der Waals surface area contributed by atoms with E-state index in [0.29, 0.717) is 6.04 Å². The average molecular weight is 218 g/mol. The van der Waals surface area contributed by atoms with E-state index in [-0.39, 0.29) is 10.7 Å². The lowest BCUT2D eigenvalue weighted by Crippen LogP contribution is -2.53. The van der Waals surface area contributed by atoms with E-state index in [1.807, 2.05) is 13.8 Å². The zero-order chi connectivity index (χ0) is 10.8. The van der Waals surface area contributed by atoms with Crippen LogP contribution < -0.4 is 10.0 Å². The lowest BCUT2D eigenvalue weighted by Gasteiger charge is -2.39. The van der Waals surface area contributed by atoms with Crippen molar-refractivity contribution in [2.75, 3.05) is 13.1 Å². The molecule has 0 aromatic carbocycles. The highest BCUT2D eigenvalue weighted by atomic mass is 32.2. The Hall–Kier alpha value is 0.0700. The molecule has 3 nitrogen and oxygen atoms in total. The van der Waals surface area contributed by atoms with Crippen molar-refractivity contribution in [1.82, 2.24) is 10.0 Å². The van der Waals surface area contributed by atoms with Crippen molar-refractivity contribution in [3.63, 3.8) is 0 Å². The first-order valence-corrected chi connectivity index (χ1v) is 6.52. The fourth-order valence-corrected chi connectivity index (χ4v) is 2.66. The molecule has 1 heterocycles. The fourth-order valence-electron chi connectivity index (χ4n) is 1.67. The van der Waals surface area contributed by atoms with Crippen LogP contribution in [0.4, 0.5) is 0 Å². The summed E-state index contributed by atoms with van der Waals surface area (Å²) in [6.07, 6.45) is 1.06. The van der Waals surface area contributed by atoms with Crippen molar-refractivity contribution >= 4 is 11.0 Å². The van der Waals surface area contributed by atoms with Crippen molar-refractivity contribution < 1.29 is 4.21 Å². The molecule has 0 amide bonds. The van der Waals surface area contributed by atoms with Crippen molar-refractivity contribution in [2.45, 2.75) is 45.4 Å². The summed E-state index contributed by atoms with van der Waals surface area (Å²) in [4.78, 5) is 0. The molecule has 2 unspecified atom stereocenters. The third-order valence-corrected chi connectivity index (χ3v) is 4.19. The highest BCUT2D eigenvalue weighted by molar-refractivity contribution is 7.83. The van der Waals surface area contributed by atoms with Crippen LogP contribution in [0.5, 0.6) is 0 Å². The SMILES string of the molecule is CC(C)S(=O)NC1CCNCC1(C)C. The van der Waals surface area contributed by atoms with Gasteiger partial charge in [0, 0.05) is 17.8 Å². The molecular formula is C10H22N2OS. The molecule has 2 N–H and O–H groups in total. The second-order valence-corrected chi connectivity index (χ2v) is 6.74. The second kappa shape index (κ2) is 4.73. The van der Waals surface area contributed by atoms with Crippen LogP contribution in [0.15, 0.2) is 0 Å². The molecule has 0 aliphatic carbocycles. The number of hydrogen-bond donors (Lipinski definition) is 2. The summed E-state index contributed by atoms with van der Waals surface area (Å²) >= 11 is 0. The predicted molar refractivity (Wildman–Crippen MR) is 61.5 cm³/mol. The van der Waals surface area contributed by atoms with Gasteiger partial charge in [0.15, 0.2) is 0 Å². The number of hydrogen-bond acceptors (Lipinski definition) is 2. The van der Waals surface area contributed by atoms with Gasteiger partial charge in [-0.2, -0.15) is 0 Å². The standard InChI is InChI=1S/C10H22N2OS/c1-8(2)14(13)12-9-5-6-11-7-10(9,3)4/h8-9,11-12H,5-7H2,1-4H3. The summed E-state index contributed by atoms with van der Waals surface area (Å²) in [5.41, 5.74) is 0.197. The van der Waals surface area contributed by atoms with Crippen LogP contribution in [0.3, 0.4) is 0 Å². The maximum atomic E-state index is 11.7. The quantitative estimate of drug-likeness (QED) is 0.743. The van der Waals surface area contributed by atoms with Crippen LogP contribution in [-0.2, 0) is 11.0 Å². The molecule has 4 heteroatoms. The molecule has 0 aromatic heterocycles. The van der Waals surface area contributed by atoms with Gasteiger partial charge >= 0.3 is 0 Å². The number of nitrogens with one attached hydrogen (secondary N) is 2. The molecule has 1 aliphatic heterocycles. The number of piperidine rings is 1. The summed E-state index contributed by atoms with van der Waals surface area (Å²) in [5, 5.41) is 3.56. The molecule has 0 aromatic rings. The normalized spacial score (nSPS) is 29.1. The maximum Gasteiger partial charge on any atom is 0.0944 e. The highest BCUT2D eigenvalue weighted by Crippen LogP contribution is 2.25. The Labute approximate surface area is 89.6 Å². The lowest BCUT2D eigenvalue weighted by molar-refractivity contribution is 0.208. The molecule has 2 atom stereocenters. The van der Waals surface area contributed by atoms with E-state index in [2.05, 4.69) is 23.9 Å². The molecule has 0 saturated carbocycles. The van der Waals surface area contributed by atoms with E-state index >= 15 is 0 Å². The van der Waals surface area contributed by atoms with Gasteiger partial charge in [-0.25, -0.2) is 8.93 Å². The Bertz CT molecular complexity index is 216. The fraction of sp³-hybridized carbons (Fsp3) is 1.00. The van der Waals surface area contributed by atoms with Crippen LogP contribution in [-0.4, -0.2) is 28.6 Å². The summed E-state index contributed by atoms with van der Waals surface area (Å²) < 4.78 is 14.9. The first kappa shape index (κ1) is 12.1. The Morgan fingerprint density at radius 3 is 2.64 bits per heavy atom. The first-order valence-electron chi connectivity index (χ1n) is 5.31. The van der Waals surface area contributed by atoms with Gasteiger partial charge in [-0.3, -0.25) is 0 Å². The Kier molecular flexibility index (Phi) is 4.10. The van der Waals surface area contributed by atoms with Gasteiger partial charge in [-0.05, 0) is 32.2 Å². The Morgan fingerprint density at radius 1 is 1.50 bits per heavy atom. The van der Waals surface area contributed by atoms with Crippen molar-refractivity contribution in [3.05, 3.63) is 0 Å². The molecule has 14 heavy (non-hydrogen) atoms. The van der Waals surface area contributed by atoms with E-state index in [9.17, 15) is 4.21 Å². The van der Waals surface area contributed by atoms with Crippen molar-refractivity contribution in [3.8, 4) is 0 Å². The molecule has 1 fully saturated rings. The van der Waals surface area contributed by atoms with E-state index in [1.165, 1.54) is 0 Å². The molecule has 84 valence electrons. The van der Waals surface area contributed by atoms with E-state index in [1.54, 1.807) is 0 Å². The minimum absolute atomic E-state index is 0.195. The third-order valence-electron chi connectivity index (χ3n) is 2.82. The monoisotopic (exact) mass is 218 g/mol. The summed E-state index contributed by atoms with van der Waals surface area (Å²) in [7, 11) is -0.894. The topological polar surface area (TPSA) is 41.1 Å². The summed E-state index contributed by atoms with van der Waals surface area (Å²) in [6.45, 7) is 10.4. The van der Waals surface area contributed by atoms with Gasteiger partial charge in [-0.1, -0.05) is 13.8 Å². The van der Waals surface area contributed by atoms with Crippen LogP contribution in [0, 0.1) is 5.41 Å². The van der Waals surface area contributed by atoms with Crippen LogP contribution in [0.2, 0.25) is 0 Å². The highest BCUT2D eigenvalue weighted by Gasteiger charge is 2.33. The maximum absolute atomic E-state index is 11.7. The van der Waals surface area contributed by atoms with Gasteiger partial charge in [0.2, 0.25) is 0 Å². The van der Waals surface area contributed by atoms with Crippen LogP contribution in [0.1, 0.15) is 34.1 Å². The molecule has 1 aliphatic rings. The van der Waals surface area contributed by atoms with E-state index in [0.717, 1.165) is 19.5 Å². The minimum atomic E-state index is -0.894. The lowest BCUT2D eigenvalue weighted by atomic mass is 9.81. The van der Waals surface area contributed by atoms with Gasteiger partial charge in [0.1, 0.15) is 0 Å². The van der Waals surface area contributed by atoms with Crippen LogP contribution in [0.25, 0.3) is 0 Å². The third kappa shape index (κ3) is 3.04. The molecule has 1 rings (SSSR count). The largest absolute Gasteiger partial charge is 0.316 e. The van der Waals surface area contributed by atoms with Crippen molar-refractivity contribution in [2.24, 2.45) is 5.41 Å². The average Bonchev–Trinajstić information content (AvgIpc) is 2.08. The molecule has 0 radical (unpaired) electrons. The number of rotatable bonds is 3. The van der Waals surface area contributed by atoms with E-state index < -0.39 is 11.0 Å². The summed E-state index contributed by atoms with van der Waals surface area (Å²) in [6, 6.07) is 0.368. The van der Waals surface area contributed by atoms with Gasteiger partial charge in [0.25, 0.3) is 0 Å². The van der Waals surface area contributed by atoms with Crippen LogP contribution >= 0.6 is 0 Å². The summed E-state index contributed by atoms with van der Waals surface area (Å²) in [5.74, 6) is 0. The molecular weight excluding hydrogens is 196 g/mol. The van der Waals surface area contributed by atoms with Crippen molar-refractivity contribution in [1.29, 1.82) is 0 Å². The predicted octanol–water partition coefficient (Wildman–Crippen LogP) is 1.04. The van der Waals surface area contributed by atoms with E-state index in [4.69, 9.17) is 0 Å². The zero-order valence-corrected chi connectivity index (χ0v) is 10.4. The minimum Gasteiger partial charge on any atom is -0.316 e. The molecule has 1 saturated heterocycles. The van der Waals surface area contributed by atoms with Gasteiger partial charge in [-0.15, -0.1) is 0 Å².